The first-order valence-corrected chi connectivity index (χ1v) is 7.39. The molecule has 2 aromatic carbocycles. The van der Waals surface area contributed by atoms with Gasteiger partial charge >= 0.3 is 0 Å². The van der Waals surface area contributed by atoms with Gasteiger partial charge in [-0.1, -0.05) is 62.4 Å². The molecule has 0 aromatic heterocycles. The Morgan fingerprint density at radius 3 is 2.29 bits per heavy atom. The van der Waals surface area contributed by atoms with Crippen molar-refractivity contribution >= 4 is 11.6 Å². The van der Waals surface area contributed by atoms with E-state index >= 15 is 0 Å². The summed E-state index contributed by atoms with van der Waals surface area (Å²) in [6.07, 6.45) is 0.996. The van der Waals surface area contributed by atoms with E-state index < -0.39 is 0 Å². The first-order valence-electron chi connectivity index (χ1n) is 7.39. The zero-order chi connectivity index (χ0) is 15.3. The van der Waals surface area contributed by atoms with Crippen molar-refractivity contribution in [3.63, 3.8) is 0 Å². The van der Waals surface area contributed by atoms with E-state index in [0.717, 1.165) is 12.1 Å². The predicted molar refractivity (Wildman–Crippen MR) is 91.4 cm³/mol. The van der Waals surface area contributed by atoms with Gasteiger partial charge in [-0.05, 0) is 54.3 Å². The monoisotopic (exact) mass is 277 g/mol. The van der Waals surface area contributed by atoms with Crippen LogP contribution in [0.3, 0.4) is 0 Å². The summed E-state index contributed by atoms with van der Waals surface area (Å²) in [6, 6.07) is 18.7. The molecule has 0 aliphatic carbocycles. The highest BCUT2D eigenvalue weighted by atomic mass is 14.7. The first-order chi connectivity index (χ1) is 9.99. The van der Waals surface area contributed by atoms with Crippen LogP contribution < -0.4 is 0 Å². The van der Waals surface area contributed by atoms with Gasteiger partial charge in [0.15, 0.2) is 0 Å². The summed E-state index contributed by atoms with van der Waals surface area (Å²) < 4.78 is 0. The summed E-state index contributed by atoms with van der Waals surface area (Å²) >= 11 is 0. The van der Waals surface area contributed by atoms with Crippen LogP contribution >= 0.6 is 0 Å². The molecule has 0 bridgehead atoms. The normalized spacial score (nSPS) is 10.9. The van der Waals surface area contributed by atoms with Gasteiger partial charge in [-0.3, -0.25) is 0 Å². The summed E-state index contributed by atoms with van der Waals surface area (Å²) in [5, 5.41) is 0. The molecule has 0 amide bonds. The molecule has 0 saturated carbocycles. The lowest BCUT2D eigenvalue weighted by Gasteiger charge is -2.24. The van der Waals surface area contributed by atoms with Gasteiger partial charge in [-0.25, -0.2) is 4.99 Å². The Balaban J connectivity index is 2.23. The highest BCUT2D eigenvalue weighted by Crippen LogP contribution is 2.29. The van der Waals surface area contributed by atoms with E-state index in [1.165, 1.54) is 16.7 Å². The van der Waals surface area contributed by atoms with Crippen LogP contribution in [0.5, 0.6) is 0 Å². The standard InChI is InChI=1S/C20H23N/c1-16-10-8-9-13-19(16)21-15-17(2)20(3,4)14-18-11-6-5-7-12-18/h5-13H,14H2,1-4H3. The van der Waals surface area contributed by atoms with E-state index in [4.69, 9.17) is 0 Å². The molecular formula is C20H23N. The van der Waals surface area contributed by atoms with Crippen LogP contribution in [-0.4, -0.2) is 5.87 Å². The topological polar surface area (TPSA) is 12.4 Å². The Morgan fingerprint density at radius 2 is 1.62 bits per heavy atom. The molecule has 0 atom stereocenters. The Labute approximate surface area is 128 Å². The number of hydrogen-bond acceptors (Lipinski definition) is 1. The van der Waals surface area contributed by atoms with Gasteiger partial charge in [-0.2, -0.15) is 0 Å². The first kappa shape index (κ1) is 15.3. The molecule has 2 aromatic rings. The maximum Gasteiger partial charge on any atom is 0.0758 e. The highest BCUT2D eigenvalue weighted by molar-refractivity contribution is 5.65. The van der Waals surface area contributed by atoms with Gasteiger partial charge in [0.05, 0.1) is 5.69 Å². The molecule has 1 nitrogen and oxygen atoms in total. The number of nitrogens with zero attached hydrogens (tertiary/aromatic N) is 1. The highest BCUT2D eigenvalue weighted by Gasteiger charge is 2.20. The van der Waals surface area contributed by atoms with Crippen molar-refractivity contribution in [1.82, 2.24) is 0 Å². The van der Waals surface area contributed by atoms with Crippen LogP contribution in [0.1, 0.15) is 31.9 Å². The van der Waals surface area contributed by atoms with Gasteiger partial charge < -0.3 is 0 Å². The van der Waals surface area contributed by atoms with Crippen molar-refractivity contribution in [3.8, 4) is 0 Å². The second-order valence-corrected chi connectivity index (χ2v) is 6.18. The fraction of sp³-hybridized carbons (Fsp3) is 0.300. The predicted octanol–water partition coefficient (Wildman–Crippen LogP) is 5.51. The molecule has 0 unspecified atom stereocenters. The van der Waals surface area contributed by atoms with Gasteiger partial charge in [-0.15, -0.1) is 0 Å². The molecule has 0 heterocycles. The molecule has 0 N–H and O–H groups in total. The van der Waals surface area contributed by atoms with Crippen LogP contribution in [0.2, 0.25) is 0 Å². The second kappa shape index (κ2) is 6.56. The van der Waals surface area contributed by atoms with Crippen LogP contribution in [0.25, 0.3) is 0 Å². The Morgan fingerprint density at radius 1 is 1.00 bits per heavy atom. The molecular weight excluding hydrogens is 254 g/mol. The van der Waals surface area contributed by atoms with Crippen LogP contribution in [0.15, 0.2) is 65.2 Å². The molecule has 1 heteroatoms. The van der Waals surface area contributed by atoms with Crippen LogP contribution in [0, 0.1) is 12.3 Å². The third-order valence-electron chi connectivity index (χ3n) is 3.96. The summed E-state index contributed by atoms with van der Waals surface area (Å²) in [6.45, 7) is 8.68. The number of aryl methyl sites for hydroxylation is 1. The van der Waals surface area contributed by atoms with Crippen molar-refractivity contribution in [2.75, 3.05) is 0 Å². The second-order valence-electron chi connectivity index (χ2n) is 6.18. The lowest BCUT2D eigenvalue weighted by molar-refractivity contribution is 0.449. The quantitative estimate of drug-likeness (QED) is 0.653. The molecule has 2 rings (SSSR count). The summed E-state index contributed by atoms with van der Waals surface area (Å²) in [5.74, 6) is 3.24. The molecule has 0 spiro atoms. The molecule has 0 aliphatic heterocycles. The summed E-state index contributed by atoms with van der Waals surface area (Å²) in [4.78, 5) is 4.53. The largest absolute Gasteiger partial charge is 0.206 e. The summed E-state index contributed by atoms with van der Waals surface area (Å²) in [7, 11) is 0. The fourth-order valence-corrected chi connectivity index (χ4v) is 2.22. The number of rotatable bonds is 4. The minimum atomic E-state index is 0.0491. The van der Waals surface area contributed by atoms with Gasteiger partial charge in [0.2, 0.25) is 0 Å². The van der Waals surface area contributed by atoms with E-state index in [1.807, 2.05) is 18.2 Å². The third-order valence-corrected chi connectivity index (χ3v) is 3.96. The van der Waals surface area contributed by atoms with Crippen LogP contribution in [0.4, 0.5) is 5.69 Å². The molecule has 108 valence electrons. The number of aliphatic imine (C=N–C) groups is 1. The van der Waals surface area contributed by atoms with Crippen molar-refractivity contribution in [3.05, 3.63) is 71.3 Å². The summed E-state index contributed by atoms with van der Waals surface area (Å²) in [5.41, 5.74) is 4.74. The minimum absolute atomic E-state index is 0.0491. The number of benzene rings is 2. The van der Waals surface area contributed by atoms with Crippen molar-refractivity contribution in [2.24, 2.45) is 10.4 Å². The smallest absolute Gasteiger partial charge is 0.0758 e. The lowest BCUT2D eigenvalue weighted by atomic mass is 9.80. The van der Waals surface area contributed by atoms with E-state index in [-0.39, 0.29) is 5.41 Å². The Kier molecular flexibility index (Phi) is 4.77. The average Bonchev–Trinajstić information content (AvgIpc) is 2.46. The third kappa shape index (κ3) is 4.18. The van der Waals surface area contributed by atoms with E-state index in [0.29, 0.717) is 0 Å². The number of para-hydroxylation sites is 1. The Hall–Kier alpha value is -2.11. The number of hydrogen-bond donors (Lipinski definition) is 0. The van der Waals surface area contributed by atoms with Gasteiger partial charge in [0, 0.05) is 0 Å². The molecule has 21 heavy (non-hydrogen) atoms. The minimum Gasteiger partial charge on any atom is -0.206 e. The van der Waals surface area contributed by atoms with E-state index in [9.17, 15) is 0 Å². The fourth-order valence-electron chi connectivity index (χ4n) is 2.22. The maximum absolute atomic E-state index is 4.53. The molecule has 0 saturated heterocycles. The van der Waals surface area contributed by atoms with E-state index in [2.05, 4.69) is 75.0 Å². The molecule has 0 fully saturated rings. The van der Waals surface area contributed by atoms with Crippen molar-refractivity contribution in [1.29, 1.82) is 0 Å². The number of allylic oxidation sites excluding steroid dienone is 1. The maximum atomic E-state index is 4.53. The zero-order valence-corrected chi connectivity index (χ0v) is 13.4. The van der Waals surface area contributed by atoms with E-state index in [1.54, 1.807) is 0 Å². The van der Waals surface area contributed by atoms with Crippen LogP contribution in [-0.2, 0) is 6.42 Å². The zero-order valence-electron chi connectivity index (χ0n) is 13.4. The SMILES string of the molecule is CC(=C=Nc1ccccc1C)C(C)(C)Cc1ccccc1. The molecule has 0 aliphatic rings. The molecule has 0 radical (unpaired) electrons. The van der Waals surface area contributed by atoms with Gasteiger partial charge in [0.25, 0.3) is 0 Å². The Bertz CT molecular complexity index is 659. The average molecular weight is 277 g/mol. The van der Waals surface area contributed by atoms with Crippen molar-refractivity contribution in [2.45, 2.75) is 34.1 Å². The van der Waals surface area contributed by atoms with Crippen molar-refractivity contribution < 1.29 is 0 Å². The lowest BCUT2D eigenvalue weighted by Crippen LogP contribution is -2.17. The van der Waals surface area contributed by atoms with Gasteiger partial charge in [0.1, 0.15) is 0 Å².